The van der Waals surface area contributed by atoms with Crippen molar-refractivity contribution in [2.75, 3.05) is 5.75 Å². The van der Waals surface area contributed by atoms with Crippen LogP contribution in [0.15, 0.2) is 53.6 Å². The van der Waals surface area contributed by atoms with E-state index in [0.29, 0.717) is 5.75 Å². The van der Waals surface area contributed by atoms with Crippen LogP contribution in [0, 0.1) is 20.2 Å². The molecule has 2 N–H and O–H groups in total. The van der Waals surface area contributed by atoms with Crippen LogP contribution in [0.3, 0.4) is 0 Å². The van der Waals surface area contributed by atoms with Gasteiger partial charge in [-0.2, -0.15) is 16.9 Å². The van der Waals surface area contributed by atoms with Gasteiger partial charge in [-0.3, -0.25) is 29.8 Å². The second-order valence-electron chi connectivity index (χ2n) is 7.99. The minimum absolute atomic E-state index is 0.203. The number of nitro groups is 2. The van der Waals surface area contributed by atoms with Crippen molar-refractivity contribution in [3.05, 3.63) is 79.9 Å². The molecule has 0 unspecified atom stereocenters. The van der Waals surface area contributed by atoms with E-state index in [-0.39, 0.29) is 11.3 Å². The molecule has 0 aliphatic heterocycles. The smallest absolute Gasteiger partial charge is 0.277 e. The van der Waals surface area contributed by atoms with Gasteiger partial charge < -0.3 is 5.32 Å². The first-order valence-corrected chi connectivity index (χ1v) is 12.2. The van der Waals surface area contributed by atoms with E-state index in [1.807, 2.05) is 30.3 Å². The number of hydrogen-bond acceptors (Lipinski definition) is 8. The first-order valence-electron chi connectivity index (χ1n) is 11.0. The molecule has 0 aromatic heterocycles. The van der Waals surface area contributed by atoms with Gasteiger partial charge in [0.05, 0.1) is 21.5 Å². The van der Waals surface area contributed by atoms with Crippen LogP contribution in [0.2, 0.25) is 0 Å². The zero-order valence-electron chi connectivity index (χ0n) is 18.8. The van der Waals surface area contributed by atoms with Gasteiger partial charge in [0.25, 0.3) is 23.2 Å². The summed E-state index contributed by atoms with van der Waals surface area (Å²) in [5.41, 5.74) is 2.99. The minimum atomic E-state index is -1.01. The molecule has 1 aliphatic carbocycles. The molecule has 0 saturated heterocycles. The quantitative estimate of drug-likeness (QED) is 0.370. The highest BCUT2D eigenvalue weighted by Gasteiger charge is 2.25. The Morgan fingerprint density at radius 3 is 2.20 bits per heavy atom. The largest absolute Gasteiger partial charge is 0.339 e. The van der Waals surface area contributed by atoms with Gasteiger partial charge in [0, 0.05) is 29.4 Å². The Balaban J connectivity index is 1.75. The third-order valence-electron chi connectivity index (χ3n) is 5.36. The molecule has 12 heteroatoms. The van der Waals surface area contributed by atoms with Crippen LogP contribution in [0.5, 0.6) is 0 Å². The molecule has 35 heavy (non-hydrogen) atoms. The molecule has 3 rings (SSSR count). The van der Waals surface area contributed by atoms with Gasteiger partial charge in [-0.25, -0.2) is 5.43 Å². The highest BCUT2D eigenvalue weighted by molar-refractivity contribution is 7.98. The number of non-ortho nitro benzene ring substituents is 2. The van der Waals surface area contributed by atoms with Crippen LogP contribution in [0.1, 0.15) is 48.0 Å². The number of rotatable bonds is 10. The van der Waals surface area contributed by atoms with Gasteiger partial charge in [-0.05, 0) is 31.2 Å². The topological polar surface area (TPSA) is 157 Å². The fourth-order valence-electron chi connectivity index (χ4n) is 3.51. The molecule has 2 aromatic rings. The Hall–Kier alpha value is -3.80. The van der Waals surface area contributed by atoms with E-state index in [2.05, 4.69) is 15.8 Å². The van der Waals surface area contributed by atoms with Crippen molar-refractivity contribution in [2.24, 2.45) is 5.10 Å². The highest BCUT2D eigenvalue weighted by Crippen LogP contribution is 2.23. The number of hydrogen-bond donors (Lipinski definition) is 2. The predicted octanol–water partition coefficient (Wildman–Crippen LogP) is 3.97. The van der Waals surface area contributed by atoms with Crippen molar-refractivity contribution in [3.8, 4) is 0 Å². The van der Waals surface area contributed by atoms with Crippen LogP contribution in [0.4, 0.5) is 11.4 Å². The first-order chi connectivity index (χ1) is 16.8. The molecule has 184 valence electrons. The number of nitro benzene ring substituents is 2. The maximum Gasteiger partial charge on any atom is 0.277 e. The van der Waals surface area contributed by atoms with Crippen LogP contribution in [-0.4, -0.2) is 39.2 Å². The van der Waals surface area contributed by atoms with E-state index in [4.69, 9.17) is 0 Å². The second kappa shape index (κ2) is 12.6. The van der Waals surface area contributed by atoms with Crippen LogP contribution in [-0.2, 0) is 10.5 Å². The van der Waals surface area contributed by atoms with Crippen molar-refractivity contribution in [1.29, 1.82) is 0 Å². The zero-order chi connectivity index (χ0) is 25.2. The first kappa shape index (κ1) is 25.8. The fraction of sp³-hybridized carbons (Fsp3) is 0.348. The number of thioether (sulfide) groups is 1. The summed E-state index contributed by atoms with van der Waals surface area (Å²) in [5.74, 6) is -0.564. The van der Waals surface area contributed by atoms with Crippen LogP contribution in [0.25, 0.3) is 0 Å². The van der Waals surface area contributed by atoms with Gasteiger partial charge >= 0.3 is 0 Å². The average Bonchev–Trinajstić information content (AvgIpc) is 2.87. The van der Waals surface area contributed by atoms with Gasteiger partial charge in [0.15, 0.2) is 0 Å². The van der Waals surface area contributed by atoms with Crippen molar-refractivity contribution in [1.82, 2.24) is 10.7 Å². The Kier molecular flexibility index (Phi) is 9.30. The molecule has 0 bridgehead atoms. The molecule has 1 atom stereocenters. The third-order valence-corrected chi connectivity index (χ3v) is 6.47. The summed E-state index contributed by atoms with van der Waals surface area (Å²) < 4.78 is 0. The Bertz CT molecular complexity index is 1080. The lowest BCUT2D eigenvalue weighted by atomic mass is 9.99. The van der Waals surface area contributed by atoms with Gasteiger partial charge in [-0.1, -0.05) is 36.8 Å². The number of carbonyl (C=O) groups is 2. The summed E-state index contributed by atoms with van der Waals surface area (Å²) in [4.78, 5) is 46.4. The Labute approximate surface area is 205 Å². The van der Waals surface area contributed by atoms with Crippen LogP contribution >= 0.6 is 11.8 Å². The Morgan fingerprint density at radius 2 is 1.60 bits per heavy atom. The number of benzene rings is 2. The summed E-state index contributed by atoms with van der Waals surface area (Å²) in [5, 5.41) is 29.1. The molecular formula is C23H25N5O6S. The third kappa shape index (κ3) is 7.88. The number of carbonyl (C=O) groups excluding carboxylic acids is 2. The van der Waals surface area contributed by atoms with Gasteiger partial charge in [0.1, 0.15) is 6.04 Å². The lowest BCUT2D eigenvalue weighted by molar-refractivity contribution is -0.394. The predicted molar refractivity (Wildman–Crippen MR) is 132 cm³/mol. The second-order valence-corrected chi connectivity index (χ2v) is 9.02. The maximum atomic E-state index is 12.9. The number of nitrogens with one attached hydrogen (secondary N) is 2. The molecule has 2 amide bonds. The normalized spacial score (nSPS) is 14.0. The average molecular weight is 500 g/mol. The molecule has 1 fully saturated rings. The summed E-state index contributed by atoms with van der Waals surface area (Å²) in [6.45, 7) is 0. The molecule has 1 saturated carbocycles. The van der Waals surface area contributed by atoms with Gasteiger partial charge in [0.2, 0.25) is 0 Å². The van der Waals surface area contributed by atoms with E-state index in [9.17, 15) is 29.8 Å². The van der Waals surface area contributed by atoms with E-state index >= 15 is 0 Å². The number of amides is 2. The Morgan fingerprint density at radius 1 is 0.971 bits per heavy atom. The lowest BCUT2D eigenvalue weighted by Crippen LogP contribution is -2.47. The molecule has 2 aromatic carbocycles. The van der Waals surface area contributed by atoms with Gasteiger partial charge in [-0.15, -0.1) is 0 Å². The SMILES string of the molecule is O=C(N[C@H](CSCc1ccccc1)C(=O)NN=C1CCCCC1)c1cc([N+](=O)[O-])cc([N+](=O)[O-])c1. The zero-order valence-corrected chi connectivity index (χ0v) is 19.7. The molecule has 0 heterocycles. The van der Waals surface area contributed by atoms with Crippen LogP contribution < -0.4 is 10.7 Å². The maximum absolute atomic E-state index is 12.9. The lowest BCUT2D eigenvalue weighted by Gasteiger charge is -2.18. The molecule has 1 aliphatic rings. The number of nitrogens with zero attached hydrogens (tertiary/aromatic N) is 3. The molecular weight excluding hydrogens is 474 g/mol. The summed E-state index contributed by atoms with van der Waals surface area (Å²) in [7, 11) is 0. The van der Waals surface area contributed by atoms with E-state index in [1.165, 1.54) is 11.8 Å². The standard InChI is InChI=1S/C23H25N5O6S/c29-22(17-11-19(27(31)32)13-20(12-17)28(33)34)24-21(15-35-14-16-7-3-1-4-8-16)23(30)26-25-18-9-5-2-6-10-18/h1,3-4,7-8,11-13,21H,2,5-6,9-10,14-15H2,(H,24,29)(H,26,30)/t21-/m1/s1. The van der Waals surface area contributed by atoms with Crippen molar-refractivity contribution < 1.29 is 19.4 Å². The summed E-state index contributed by atoms with van der Waals surface area (Å²) in [6, 6.07) is 11.2. The monoisotopic (exact) mass is 499 g/mol. The van der Waals surface area contributed by atoms with Crippen molar-refractivity contribution in [3.63, 3.8) is 0 Å². The van der Waals surface area contributed by atoms with E-state index in [0.717, 1.165) is 61.6 Å². The highest BCUT2D eigenvalue weighted by atomic mass is 32.2. The molecule has 0 radical (unpaired) electrons. The van der Waals surface area contributed by atoms with E-state index < -0.39 is 39.1 Å². The fourth-order valence-corrected chi connectivity index (χ4v) is 4.53. The molecule has 11 nitrogen and oxygen atoms in total. The van der Waals surface area contributed by atoms with Crippen molar-refractivity contribution in [2.45, 2.75) is 43.9 Å². The van der Waals surface area contributed by atoms with E-state index in [1.54, 1.807) is 0 Å². The molecule has 0 spiro atoms. The van der Waals surface area contributed by atoms with Crippen molar-refractivity contribution >= 4 is 40.7 Å². The number of hydrazone groups is 1. The summed E-state index contributed by atoms with van der Waals surface area (Å²) >= 11 is 1.42. The minimum Gasteiger partial charge on any atom is -0.339 e. The summed E-state index contributed by atoms with van der Waals surface area (Å²) in [6.07, 6.45) is 4.74.